The normalized spacial score (nSPS) is 13.1. The zero-order valence-corrected chi connectivity index (χ0v) is 25.0. The first-order valence-electron chi connectivity index (χ1n) is 13.6. The molecule has 1 rings (SSSR count). The molecule has 10 heteroatoms. The van der Waals surface area contributed by atoms with Crippen LogP contribution < -0.4 is 16.0 Å². The number of anilines is 1. The summed E-state index contributed by atoms with van der Waals surface area (Å²) in [4.78, 5) is 35.9. The summed E-state index contributed by atoms with van der Waals surface area (Å²) in [5, 5.41) is 18.5. The quantitative estimate of drug-likeness (QED) is 0.144. The molecular weight excluding hydrogens is 514 g/mol. The summed E-state index contributed by atoms with van der Waals surface area (Å²) in [6, 6.07) is 4.81. The van der Waals surface area contributed by atoms with Gasteiger partial charge in [-0.3, -0.25) is 9.59 Å². The van der Waals surface area contributed by atoms with Crippen LogP contribution in [-0.2, 0) is 30.2 Å². The lowest BCUT2D eigenvalue weighted by atomic mass is 9.78. The molecule has 0 saturated carbocycles. The van der Waals surface area contributed by atoms with Crippen molar-refractivity contribution < 1.29 is 33.7 Å². The molecule has 10 nitrogen and oxygen atoms in total. The molecule has 0 saturated heterocycles. The maximum absolute atomic E-state index is 12.5. The van der Waals surface area contributed by atoms with Gasteiger partial charge in [0, 0.05) is 12.6 Å². The van der Waals surface area contributed by atoms with Gasteiger partial charge in [-0.15, -0.1) is 6.42 Å². The van der Waals surface area contributed by atoms with Crippen molar-refractivity contribution >= 4 is 23.6 Å². The topological polar surface area (TPSA) is 135 Å². The number of terminal acetylenes is 1. The Bertz CT molecular complexity index is 1010. The summed E-state index contributed by atoms with van der Waals surface area (Å²) in [5.41, 5.74) is 0.580. The van der Waals surface area contributed by atoms with Gasteiger partial charge < -0.3 is 35.3 Å². The third-order valence-corrected chi connectivity index (χ3v) is 6.16. The van der Waals surface area contributed by atoms with Crippen molar-refractivity contribution in [3.8, 4) is 18.1 Å². The standard InChI is InChI=1S/C30H47N3O7/c1-9-26(35)31-13-15-39-17-16-38-14-12-27(36)33-24-20-22(10-11-25(24)34)19-23(18-21(2)29(3,4)5)32-28(37)40-30(6,7)8/h1,10-11,20-21,23,34H,12-19H2,2-8H3,(H,31,35)(H,32,37)(H,33,36)/t21?,23-/m1/s1. The van der Waals surface area contributed by atoms with Crippen molar-refractivity contribution in [3.05, 3.63) is 23.8 Å². The monoisotopic (exact) mass is 561 g/mol. The van der Waals surface area contributed by atoms with Gasteiger partial charge in [0.05, 0.1) is 38.5 Å². The fourth-order valence-corrected chi connectivity index (χ4v) is 3.53. The highest BCUT2D eigenvalue weighted by atomic mass is 16.6. The lowest BCUT2D eigenvalue weighted by molar-refractivity contribution is -0.117. The van der Waals surface area contributed by atoms with Crippen LogP contribution in [0.2, 0.25) is 0 Å². The first-order chi connectivity index (χ1) is 18.6. The van der Waals surface area contributed by atoms with Gasteiger partial charge in [0.25, 0.3) is 5.91 Å². The number of benzene rings is 1. The van der Waals surface area contributed by atoms with Crippen LogP contribution in [0.25, 0.3) is 0 Å². The van der Waals surface area contributed by atoms with E-state index >= 15 is 0 Å². The lowest BCUT2D eigenvalue weighted by Crippen LogP contribution is -2.42. The van der Waals surface area contributed by atoms with Crippen LogP contribution in [0.4, 0.5) is 10.5 Å². The fraction of sp³-hybridized carbons (Fsp3) is 0.633. The maximum Gasteiger partial charge on any atom is 0.407 e. The van der Waals surface area contributed by atoms with Gasteiger partial charge in [-0.25, -0.2) is 4.79 Å². The van der Waals surface area contributed by atoms with Crippen LogP contribution in [-0.4, -0.2) is 67.6 Å². The number of carbonyl (C=O) groups excluding carboxylic acids is 3. The van der Waals surface area contributed by atoms with Crippen molar-refractivity contribution in [3.63, 3.8) is 0 Å². The van der Waals surface area contributed by atoms with Crippen LogP contribution in [0.15, 0.2) is 18.2 Å². The Morgan fingerprint density at radius 1 is 1.02 bits per heavy atom. The number of amides is 3. The highest BCUT2D eigenvalue weighted by molar-refractivity contribution is 5.93. The van der Waals surface area contributed by atoms with Gasteiger partial charge in [-0.1, -0.05) is 33.8 Å². The molecule has 0 bridgehead atoms. The zero-order valence-electron chi connectivity index (χ0n) is 25.0. The molecule has 1 aromatic rings. The van der Waals surface area contributed by atoms with Crippen LogP contribution >= 0.6 is 0 Å². The molecule has 1 unspecified atom stereocenters. The van der Waals surface area contributed by atoms with E-state index in [0.29, 0.717) is 37.8 Å². The summed E-state index contributed by atoms with van der Waals surface area (Å²) >= 11 is 0. The predicted octanol–water partition coefficient (Wildman–Crippen LogP) is 4.01. The van der Waals surface area contributed by atoms with E-state index in [1.165, 1.54) is 6.07 Å². The molecule has 0 spiro atoms. The average molecular weight is 562 g/mol. The number of nitrogens with one attached hydrogen (secondary N) is 3. The summed E-state index contributed by atoms with van der Waals surface area (Å²) in [6.45, 7) is 15.5. The van der Waals surface area contributed by atoms with Gasteiger partial charge in [-0.05, 0) is 68.6 Å². The first-order valence-corrected chi connectivity index (χ1v) is 13.6. The van der Waals surface area contributed by atoms with E-state index in [1.54, 1.807) is 12.1 Å². The molecule has 2 atom stereocenters. The van der Waals surface area contributed by atoms with Crippen molar-refractivity contribution in [1.29, 1.82) is 0 Å². The van der Waals surface area contributed by atoms with E-state index in [9.17, 15) is 19.5 Å². The molecule has 0 aliphatic rings. The van der Waals surface area contributed by atoms with Gasteiger partial charge in [0.15, 0.2) is 0 Å². The first kappa shape index (κ1) is 34.7. The van der Waals surface area contributed by atoms with E-state index in [-0.39, 0.29) is 42.7 Å². The number of ether oxygens (including phenoxy) is 3. The number of phenols is 1. The molecule has 0 heterocycles. The Labute approximate surface area is 238 Å². The van der Waals surface area contributed by atoms with E-state index in [0.717, 1.165) is 12.0 Å². The Morgan fingerprint density at radius 2 is 1.68 bits per heavy atom. The van der Waals surface area contributed by atoms with Crippen LogP contribution in [0, 0.1) is 23.7 Å². The van der Waals surface area contributed by atoms with E-state index in [2.05, 4.69) is 43.6 Å². The maximum atomic E-state index is 12.5. The second-order valence-electron chi connectivity index (χ2n) is 11.8. The van der Waals surface area contributed by atoms with Gasteiger partial charge in [0.2, 0.25) is 5.91 Å². The van der Waals surface area contributed by atoms with Crippen LogP contribution in [0.3, 0.4) is 0 Å². The van der Waals surface area contributed by atoms with Gasteiger partial charge in [0.1, 0.15) is 11.4 Å². The summed E-state index contributed by atoms with van der Waals surface area (Å²) in [5.74, 6) is 1.40. The molecule has 0 radical (unpaired) electrons. The van der Waals surface area contributed by atoms with E-state index < -0.39 is 17.6 Å². The highest BCUT2D eigenvalue weighted by Gasteiger charge is 2.26. The minimum absolute atomic E-state index is 0.0516. The molecule has 4 N–H and O–H groups in total. The number of hydrogen-bond donors (Lipinski definition) is 4. The minimum atomic E-state index is -0.613. The number of alkyl carbamates (subject to hydrolysis) is 1. The molecule has 224 valence electrons. The largest absolute Gasteiger partial charge is 0.506 e. The second kappa shape index (κ2) is 16.7. The Hall–Kier alpha value is -3.29. The number of aromatic hydroxyl groups is 1. The van der Waals surface area contributed by atoms with Crippen molar-refractivity contribution in [2.24, 2.45) is 11.3 Å². The second-order valence-corrected chi connectivity index (χ2v) is 11.8. The van der Waals surface area contributed by atoms with Gasteiger partial charge >= 0.3 is 6.09 Å². The predicted molar refractivity (Wildman–Crippen MR) is 155 cm³/mol. The van der Waals surface area contributed by atoms with Crippen molar-refractivity contribution in [2.75, 3.05) is 38.3 Å². The fourth-order valence-electron chi connectivity index (χ4n) is 3.53. The van der Waals surface area contributed by atoms with Crippen molar-refractivity contribution in [1.82, 2.24) is 10.6 Å². The summed E-state index contributed by atoms with van der Waals surface area (Å²) in [6.07, 6.45) is 5.79. The Morgan fingerprint density at radius 3 is 2.27 bits per heavy atom. The van der Waals surface area contributed by atoms with E-state index in [1.807, 2.05) is 26.7 Å². The third kappa shape index (κ3) is 15.3. The van der Waals surface area contributed by atoms with Crippen LogP contribution in [0.5, 0.6) is 5.75 Å². The highest BCUT2D eigenvalue weighted by Crippen LogP contribution is 2.31. The Kier molecular flexibility index (Phi) is 14.5. The summed E-state index contributed by atoms with van der Waals surface area (Å²) in [7, 11) is 0. The average Bonchev–Trinajstić information content (AvgIpc) is 2.82. The molecule has 3 amide bonds. The SMILES string of the molecule is C#CC(=O)NCCOCCOCCC(=O)Nc1cc(C[C@@H](CC(C)C(C)(C)C)NC(=O)OC(C)(C)C)ccc1O. The molecule has 0 aliphatic carbocycles. The molecule has 40 heavy (non-hydrogen) atoms. The smallest absolute Gasteiger partial charge is 0.407 e. The lowest BCUT2D eigenvalue weighted by Gasteiger charge is -2.32. The molecule has 1 aromatic carbocycles. The number of phenolic OH excluding ortho intramolecular Hbond substituents is 1. The number of hydrogen-bond acceptors (Lipinski definition) is 7. The molecule has 0 fully saturated rings. The van der Waals surface area contributed by atoms with Crippen molar-refractivity contribution in [2.45, 2.75) is 79.4 Å². The van der Waals surface area contributed by atoms with Gasteiger partial charge in [-0.2, -0.15) is 0 Å². The number of carbonyl (C=O) groups is 3. The third-order valence-electron chi connectivity index (χ3n) is 6.16. The van der Waals surface area contributed by atoms with E-state index in [4.69, 9.17) is 20.6 Å². The summed E-state index contributed by atoms with van der Waals surface area (Å²) < 4.78 is 16.2. The number of rotatable bonds is 15. The molecular formula is C30H47N3O7. The van der Waals surface area contributed by atoms with Crippen LogP contribution in [0.1, 0.15) is 66.9 Å². The molecule has 0 aliphatic heterocycles. The minimum Gasteiger partial charge on any atom is -0.506 e. The molecule has 0 aromatic heterocycles. The Balaban J connectivity index is 2.64. The zero-order chi connectivity index (χ0) is 30.3.